The minimum atomic E-state index is -0.232. The Hall–Kier alpha value is -0.900. The smallest absolute Gasteiger partial charge is 0.246 e. The number of rotatable bonds is 3. The minimum absolute atomic E-state index is 0.232. The summed E-state index contributed by atoms with van der Waals surface area (Å²) in [7, 11) is 1.90. The Bertz CT molecular complexity index is 326. The number of aromatic nitrogens is 2. The molecule has 1 saturated carbocycles. The van der Waals surface area contributed by atoms with E-state index in [1.54, 1.807) is 0 Å². The van der Waals surface area contributed by atoms with Gasteiger partial charge in [-0.25, -0.2) is 0 Å². The van der Waals surface area contributed by atoms with Crippen LogP contribution in [0.3, 0.4) is 0 Å². The molecule has 1 N–H and O–H groups in total. The van der Waals surface area contributed by atoms with Gasteiger partial charge in [0.05, 0.1) is 5.54 Å². The Morgan fingerprint density at radius 3 is 2.60 bits per heavy atom. The van der Waals surface area contributed by atoms with Gasteiger partial charge in [0.25, 0.3) is 0 Å². The number of nitrogens with zero attached hydrogens (tertiary/aromatic N) is 2. The lowest BCUT2D eigenvalue weighted by Crippen LogP contribution is -2.33. The molecule has 1 aromatic heterocycles. The van der Waals surface area contributed by atoms with E-state index in [2.05, 4.69) is 15.5 Å². The molecule has 0 aliphatic heterocycles. The van der Waals surface area contributed by atoms with E-state index in [9.17, 15) is 0 Å². The quantitative estimate of drug-likeness (QED) is 0.829. The molecule has 0 bridgehead atoms. The number of hydrogen-bond donors (Lipinski definition) is 1. The highest BCUT2D eigenvalue weighted by Gasteiger charge is 2.28. The molecule has 0 saturated heterocycles. The molecule has 4 heteroatoms. The van der Waals surface area contributed by atoms with Crippen molar-refractivity contribution in [3.63, 3.8) is 0 Å². The summed E-state index contributed by atoms with van der Waals surface area (Å²) in [5.41, 5.74) is -0.232. The first-order valence-electron chi connectivity index (χ1n) is 5.66. The molecule has 0 radical (unpaired) electrons. The molecule has 0 spiro atoms. The zero-order valence-corrected chi connectivity index (χ0v) is 9.71. The molecule has 0 aromatic carbocycles. The first kappa shape index (κ1) is 10.6. The van der Waals surface area contributed by atoms with E-state index in [-0.39, 0.29) is 5.54 Å². The molecule has 1 fully saturated rings. The zero-order valence-electron chi connectivity index (χ0n) is 9.71. The van der Waals surface area contributed by atoms with Crippen LogP contribution in [0.5, 0.6) is 0 Å². The maximum atomic E-state index is 5.31. The molecule has 84 valence electrons. The Morgan fingerprint density at radius 1 is 1.33 bits per heavy atom. The fourth-order valence-corrected chi connectivity index (χ4v) is 1.95. The maximum absolute atomic E-state index is 5.31. The number of nitrogens with one attached hydrogen (secondary N) is 1. The maximum Gasteiger partial charge on any atom is 0.246 e. The topological polar surface area (TPSA) is 51.0 Å². The lowest BCUT2D eigenvalue weighted by atomic mass is 10.1. The van der Waals surface area contributed by atoms with Crippen molar-refractivity contribution in [2.24, 2.45) is 0 Å². The highest BCUT2D eigenvalue weighted by atomic mass is 16.5. The van der Waals surface area contributed by atoms with Crippen molar-refractivity contribution in [1.29, 1.82) is 0 Å². The summed E-state index contributed by atoms with van der Waals surface area (Å²) >= 11 is 0. The van der Waals surface area contributed by atoms with Gasteiger partial charge in [-0.05, 0) is 33.7 Å². The summed E-state index contributed by atoms with van der Waals surface area (Å²) < 4.78 is 5.31. The molecule has 0 unspecified atom stereocenters. The van der Waals surface area contributed by atoms with Gasteiger partial charge >= 0.3 is 0 Å². The van der Waals surface area contributed by atoms with Crippen molar-refractivity contribution in [3.05, 3.63) is 11.7 Å². The second-order valence-corrected chi connectivity index (χ2v) is 4.81. The third-order valence-corrected chi connectivity index (χ3v) is 3.32. The number of hydrogen-bond acceptors (Lipinski definition) is 4. The van der Waals surface area contributed by atoms with Crippen LogP contribution in [0.4, 0.5) is 0 Å². The Labute approximate surface area is 90.4 Å². The minimum Gasteiger partial charge on any atom is -0.337 e. The van der Waals surface area contributed by atoms with E-state index in [0.717, 1.165) is 5.82 Å². The summed E-state index contributed by atoms with van der Waals surface area (Å²) in [6.45, 7) is 4.08. The van der Waals surface area contributed by atoms with Crippen LogP contribution in [0, 0.1) is 0 Å². The monoisotopic (exact) mass is 209 g/mol. The summed E-state index contributed by atoms with van der Waals surface area (Å²) in [6, 6.07) is 0. The molecule has 4 nitrogen and oxygen atoms in total. The molecule has 0 amide bonds. The van der Waals surface area contributed by atoms with Crippen LogP contribution in [0.15, 0.2) is 4.52 Å². The van der Waals surface area contributed by atoms with Crippen molar-refractivity contribution < 1.29 is 4.52 Å². The average molecular weight is 209 g/mol. The van der Waals surface area contributed by atoms with Crippen molar-refractivity contribution >= 4 is 0 Å². The van der Waals surface area contributed by atoms with E-state index in [1.807, 2.05) is 20.9 Å². The SMILES string of the molecule is CNC(C)(C)c1nc(C2CCCC2)no1. The van der Waals surface area contributed by atoms with Crippen LogP contribution in [0.2, 0.25) is 0 Å². The van der Waals surface area contributed by atoms with E-state index in [4.69, 9.17) is 4.52 Å². The summed E-state index contributed by atoms with van der Waals surface area (Å²) in [5.74, 6) is 2.10. The molecule has 1 aliphatic carbocycles. The predicted molar refractivity (Wildman–Crippen MR) is 57.6 cm³/mol. The van der Waals surface area contributed by atoms with Crippen molar-refractivity contribution in [3.8, 4) is 0 Å². The average Bonchev–Trinajstić information content (AvgIpc) is 2.88. The summed E-state index contributed by atoms with van der Waals surface area (Å²) in [4.78, 5) is 4.49. The van der Waals surface area contributed by atoms with Crippen LogP contribution < -0.4 is 5.32 Å². The van der Waals surface area contributed by atoms with Gasteiger partial charge in [-0.1, -0.05) is 18.0 Å². The molecule has 2 rings (SSSR count). The Balaban J connectivity index is 2.16. The Morgan fingerprint density at radius 2 is 2.00 bits per heavy atom. The fraction of sp³-hybridized carbons (Fsp3) is 0.818. The van der Waals surface area contributed by atoms with Crippen molar-refractivity contribution in [1.82, 2.24) is 15.5 Å². The molecule has 15 heavy (non-hydrogen) atoms. The van der Waals surface area contributed by atoms with Gasteiger partial charge in [0, 0.05) is 5.92 Å². The van der Waals surface area contributed by atoms with E-state index < -0.39 is 0 Å². The second kappa shape index (κ2) is 3.93. The molecular weight excluding hydrogens is 190 g/mol. The third-order valence-electron chi connectivity index (χ3n) is 3.32. The van der Waals surface area contributed by atoms with Crippen LogP contribution in [-0.4, -0.2) is 17.2 Å². The van der Waals surface area contributed by atoms with Gasteiger partial charge in [-0.15, -0.1) is 0 Å². The fourth-order valence-electron chi connectivity index (χ4n) is 1.95. The predicted octanol–water partition coefficient (Wildman–Crippen LogP) is 2.18. The second-order valence-electron chi connectivity index (χ2n) is 4.81. The largest absolute Gasteiger partial charge is 0.337 e. The standard InChI is InChI=1S/C11H19N3O/c1-11(2,12-3)10-13-9(14-15-10)8-6-4-5-7-8/h8,12H,4-7H2,1-3H3. The summed E-state index contributed by atoms with van der Waals surface area (Å²) in [5, 5.41) is 7.25. The lowest BCUT2D eigenvalue weighted by molar-refractivity contribution is 0.279. The van der Waals surface area contributed by atoms with Gasteiger partial charge in [0.15, 0.2) is 5.82 Å². The molecule has 1 aliphatic rings. The van der Waals surface area contributed by atoms with Crippen LogP contribution in [-0.2, 0) is 5.54 Å². The highest BCUT2D eigenvalue weighted by Crippen LogP contribution is 2.33. The van der Waals surface area contributed by atoms with Crippen molar-refractivity contribution in [2.75, 3.05) is 7.05 Å². The first-order valence-corrected chi connectivity index (χ1v) is 5.66. The molecule has 0 atom stereocenters. The van der Waals surface area contributed by atoms with Crippen LogP contribution >= 0.6 is 0 Å². The van der Waals surface area contributed by atoms with E-state index >= 15 is 0 Å². The lowest BCUT2D eigenvalue weighted by Gasteiger charge is -2.17. The first-order chi connectivity index (χ1) is 7.13. The Kier molecular flexibility index (Phi) is 2.78. The van der Waals surface area contributed by atoms with E-state index in [1.165, 1.54) is 25.7 Å². The summed E-state index contributed by atoms with van der Waals surface area (Å²) in [6.07, 6.45) is 5.01. The molecular formula is C11H19N3O. The third kappa shape index (κ3) is 2.04. The van der Waals surface area contributed by atoms with Crippen molar-refractivity contribution in [2.45, 2.75) is 51.0 Å². The normalized spacial score (nSPS) is 18.6. The van der Waals surface area contributed by atoms with Gasteiger partial charge in [0.2, 0.25) is 5.89 Å². The molecule has 1 heterocycles. The van der Waals surface area contributed by atoms with Gasteiger partial charge in [-0.3, -0.25) is 0 Å². The zero-order chi connectivity index (χ0) is 10.9. The molecule has 1 aromatic rings. The van der Waals surface area contributed by atoms with Gasteiger partial charge < -0.3 is 9.84 Å². The highest BCUT2D eigenvalue weighted by molar-refractivity contribution is 5.03. The van der Waals surface area contributed by atoms with Crippen LogP contribution in [0.1, 0.15) is 57.2 Å². The van der Waals surface area contributed by atoms with Gasteiger partial charge in [0.1, 0.15) is 0 Å². The van der Waals surface area contributed by atoms with E-state index in [0.29, 0.717) is 11.8 Å². The van der Waals surface area contributed by atoms with Gasteiger partial charge in [-0.2, -0.15) is 4.98 Å². The van der Waals surface area contributed by atoms with Crippen LogP contribution in [0.25, 0.3) is 0 Å².